The van der Waals surface area contributed by atoms with E-state index < -0.39 is 11.8 Å². The minimum atomic E-state index is -0.483. The van der Waals surface area contributed by atoms with Crippen molar-refractivity contribution in [2.45, 2.75) is 13.8 Å². The maximum absolute atomic E-state index is 11.8. The van der Waals surface area contributed by atoms with Crippen LogP contribution in [0.1, 0.15) is 11.1 Å². The molecule has 26 heavy (non-hydrogen) atoms. The van der Waals surface area contributed by atoms with Gasteiger partial charge in [0.15, 0.2) is 13.2 Å². The minimum Gasteiger partial charge on any atom is -0.484 e. The zero-order chi connectivity index (χ0) is 19.1. The van der Waals surface area contributed by atoms with Gasteiger partial charge in [-0.2, -0.15) is 0 Å². The standard InChI is InChI=1S/C18H18Br2N2O4/c1-11-3-5-14(6-4-11)25-9-16(23)21-22-17(24)10-26-18-12(2)7-13(19)8-15(18)20/h3-8H,9-10H2,1-2H3,(H,21,23)(H,22,24). The molecule has 0 bridgehead atoms. The van der Waals surface area contributed by atoms with E-state index in [2.05, 4.69) is 42.7 Å². The van der Waals surface area contributed by atoms with E-state index in [-0.39, 0.29) is 13.2 Å². The first-order valence-corrected chi connectivity index (χ1v) is 9.29. The van der Waals surface area contributed by atoms with Crippen LogP contribution in [0.5, 0.6) is 11.5 Å². The molecule has 0 saturated carbocycles. The average Bonchev–Trinajstić information content (AvgIpc) is 2.58. The predicted octanol–water partition coefficient (Wildman–Crippen LogP) is 3.43. The summed E-state index contributed by atoms with van der Waals surface area (Å²) in [7, 11) is 0. The summed E-state index contributed by atoms with van der Waals surface area (Å²) in [6.45, 7) is 3.39. The molecule has 6 nitrogen and oxygen atoms in total. The number of amides is 2. The highest BCUT2D eigenvalue weighted by atomic mass is 79.9. The number of aryl methyl sites for hydroxylation is 2. The fraction of sp³-hybridized carbons (Fsp3) is 0.222. The lowest BCUT2D eigenvalue weighted by Gasteiger charge is -2.12. The first-order chi connectivity index (χ1) is 12.3. The molecule has 0 saturated heterocycles. The van der Waals surface area contributed by atoms with Gasteiger partial charge in [-0.05, 0) is 59.6 Å². The molecule has 0 aliphatic carbocycles. The number of carbonyl (C=O) groups is 2. The van der Waals surface area contributed by atoms with Crippen LogP contribution in [0.2, 0.25) is 0 Å². The summed E-state index contributed by atoms with van der Waals surface area (Å²) in [5.41, 5.74) is 6.53. The van der Waals surface area contributed by atoms with E-state index in [1.165, 1.54) is 0 Å². The predicted molar refractivity (Wildman–Crippen MR) is 105 cm³/mol. The van der Waals surface area contributed by atoms with Crippen LogP contribution in [-0.4, -0.2) is 25.0 Å². The van der Waals surface area contributed by atoms with Crippen molar-refractivity contribution in [1.29, 1.82) is 0 Å². The van der Waals surface area contributed by atoms with E-state index in [1.54, 1.807) is 12.1 Å². The number of nitrogens with one attached hydrogen (secondary N) is 2. The molecular weight excluding hydrogens is 468 g/mol. The van der Waals surface area contributed by atoms with E-state index in [0.29, 0.717) is 11.5 Å². The molecule has 0 aromatic heterocycles. The number of rotatable bonds is 6. The largest absolute Gasteiger partial charge is 0.484 e. The Morgan fingerprint density at radius 3 is 2.08 bits per heavy atom. The summed E-state index contributed by atoms with van der Waals surface area (Å²) < 4.78 is 12.4. The van der Waals surface area contributed by atoms with E-state index in [0.717, 1.165) is 20.1 Å². The van der Waals surface area contributed by atoms with Gasteiger partial charge in [0.05, 0.1) is 4.47 Å². The molecule has 0 radical (unpaired) electrons. The Hall–Kier alpha value is -2.06. The summed E-state index contributed by atoms with van der Waals surface area (Å²) in [6, 6.07) is 11.0. The summed E-state index contributed by atoms with van der Waals surface area (Å²) in [5.74, 6) is 0.191. The van der Waals surface area contributed by atoms with E-state index >= 15 is 0 Å². The van der Waals surface area contributed by atoms with Crippen LogP contribution in [-0.2, 0) is 9.59 Å². The fourth-order valence-electron chi connectivity index (χ4n) is 2.00. The van der Waals surface area contributed by atoms with Crippen molar-refractivity contribution in [2.75, 3.05) is 13.2 Å². The smallest absolute Gasteiger partial charge is 0.276 e. The van der Waals surface area contributed by atoms with Crippen molar-refractivity contribution < 1.29 is 19.1 Å². The third kappa shape index (κ3) is 6.34. The number of benzene rings is 2. The maximum atomic E-state index is 11.8. The van der Waals surface area contributed by atoms with Crippen LogP contribution >= 0.6 is 31.9 Å². The lowest BCUT2D eigenvalue weighted by Crippen LogP contribution is -2.45. The molecule has 2 amide bonds. The molecular formula is C18H18Br2N2O4. The molecule has 0 unspecified atom stereocenters. The van der Waals surface area contributed by atoms with Crippen LogP contribution < -0.4 is 20.3 Å². The highest BCUT2D eigenvalue weighted by molar-refractivity contribution is 9.11. The van der Waals surface area contributed by atoms with Gasteiger partial charge in [-0.1, -0.05) is 33.6 Å². The molecule has 2 N–H and O–H groups in total. The second kappa shape index (κ2) is 9.59. The first kappa shape index (κ1) is 20.3. The van der Waals surface area contributed by atoms with Gasteiger partial charge in [-0.3, -0.25) is 20.4 Å². The zero-order valence-corrected chi connectivity index (χ0v) is 17.4. The molecule has 138 valence electrons. The Labute approximate surface area is 168 Å². The summed E-state index contributed by atoms with van der Waals surface area (Å²) >= 11 is 6.76. The molecule has 2 rings (SSSR count). The summed E-state index contributed by atoms with van der Waals surface area (Å²) in [6.07, 6.45) is 0. The molecule has 0 heterocycles. The van der Waals surface area contributed by atoms with Crippen LogP contribution in [0.3, 0.4) is 0 Å². The quantitative estimate of drug-likeness (QED) is 0.614. The van der Waals surface area contributed by atoms with Crippen LogP contribution in [0.25, 0.3) is 0 Å². The number of hydrogen-bond acceptors (Lipinski definition) is 4. The lowest BCUT2D eigenvalue weighted by atomic mass is 10.2. The summed E-state index contributed by atoms with van der Waals surface area (Å²) in [5, 5.41) is 0. The number of ether oxygens (including phenoxy) is 2. The Kier molecular flexibility index (Phi) is 7.47. The van der Waals surface area contributed by atoms with Crippen molar-refractivity contribution in [2.24, 2.45) is 0 Å². The van der Waals surface area contributed by atoms with Gasteiger partial charge in [-0.25, -0.2) is 0 Å². The fourth-order valence-corrected chi connectivity index (χ4v) is 3.56. The van der Waals surface area contributed by atoms with Crippen molar-refractivity contribution in [1.82, 2.24) is 10.9 Å². The third-order valence-electron chi connectivity index (χ3n) is 3.27. The third-order valence-corrected chi connectivity index (χ3v) is 4.32. The Morgan fingerprint density at radius 1 is 0.923 bits per heavy atom. The number of halogens is 2. The van der Waals surface area contributed by atoms with Gasteiger partial charge in [0.1, 0.15) is 11.5 Å². The van der Waals surface area contributed by atoms with Crippen molar-refractivity contribution in [3.8, 4) is 11.5 Å². The van der Waals surface area contributed by atoms with Crippen molar-refractivity contribution in [3.05, 3.63) is 56.5 Å². The zero-order valence-electron chi connectivity index (χ0n) is 14.3. The van der Waals surface area contributed by atoms with E-state index in [1.807, 2.05) is 38.1 Å². The van der Waals surface area contributed by atoms with Crippen LogP contribution in [0.15, 0.2) is 45.3 Å². The molecule has 0 spiro atoms. The molecule has 0 aliphatic rings. The van der Waals surface area contributed by atoms with Crippen LogP contribution in [0, 0.1) is 13.8 Å². The average molecular weight is 486 g/mol. The topological polar surface area (TPSA) is 76.7 Å². The minimum absolute atomic E-state index is 0.207. The monoisotopic (exact) mass is 484 g/mol. The normalized spacial score (nSPS) is 10.2. The molecule has 0 aliphatic heterocycles. The Bertz CT molecular complexity index is 771. The van der Waals surface area contributed by atoms with Gasteiger partial charge >= 0.3 is 0 Å². The van der Waals surface area contributed by atoms with Crippen molar-refractivity contribution in [3.63, 3.8) is 0 Å². The van der Waals surface area contributed by atoms with Gasteiger partial charge in [0.2, 0.25) is 0 Å². The van der Waals surface area contributed by atoms with E-state index in [9.17, 15) is 9.59 Å². The van der Waals surface area contributed by atoms with Gasteiger partial charge < -0.3 is 9.47 Å². The van der Waals surface area contributed by atoms with Crippen molar-refractivity contribution >= 4 is 43.7 Å². The SMILES string of the molecule is Cc1ccc(OCC(=O)NNC(=O)COc2c(C)cc(Br)cc2Br)cc1. The molecule has 2 aromatic carbocycles. The lowest BCUT2D eigenvalue weighted by molar-refractivity contribution is -0.131. The molecule has 2 aromatic rings. The molecule has 0 fully saturated rings. The van der Waals surface area contributed by atoms with Gasteiger partial charge in [0, 0.05) is 4.47 Å². The Balaban J connectivity index is 1.73. The molecule has 8 heteroatoms. The highest BCUT2D eigenvalue weighted by Crippen LogP contribution is 2.32. The summed E-state index contributed by atoms with van der Waals surface area (Å²) in [4.78, 5) is 23.5. The Morgan fingerprint density at radius 2 is 1.50 bits per heavy atom. The number of hydrogen-bond donors (Lipinski definition) is 2. The molecule has 0 atom stereocenters. The second-order valence-electron chi connectivity index (χ2n) is 5.52. The second-order valence-corrected chi connectivity index (χ2v) is 7.29. The van der Waals surface area contributed by atoms with E-state index in [4.69, 9.17) is 9.47 Å². The number of carbonyl (C=O) groups excluding carboxylic acids is 2. The van der Waals surface area contributed by atoms with Gasteiger partial charge in [0.25, 0.3) is 11.8 Å². The van der Waals surface area contributed by atoms with Gasteiger partial charge in [-0.15, -0.1) is 0 Å². The number of hydrazine groups is 1. The highest BCUT2D eigenvalue weighted by Gasteiger charge is 2.10. The van der Waals surface area contributed by atoms with Crippen LogP contribution in [0.4, 0.5) is 0 Å². The first-order valence-electron chi connectivity index (χ1n) is 7.70. The maximum Gasteiger partial charge on any atom is 0.276 e.